The number of urea groups is 1. The van der Waals surface area contributed by atoms with Gasteiger partial charge in [-0.1, -0.05) is 19.9 Å². The van der Waals surface area contributed by atoms with Crippen molar-refractivity contribution in [2.24, 2.45) is 5.92 Å². The van der Waals surface area contributed by atoms with E-state index in [1.54, 1.807) is 0 Å². The van der Waals surface area contributed by atoms with Crippen molar-refractivity contribution >= 4 is 29.2 Å². The first-order valence-electron chi connectivity index (χ1n) is 7.13. The van der Waals surface area contributed by atoms with Crippen LogP contribution in [0.25, 0.3) is 10.8 Å². The van der Waals surface area contributed by atoms with Crippen molar-refractivity contribution in [2.45, 2.75) is 20.4 Å². The van der Waals surface area contributed by atoms with Crippen molar-refractivity contribution in [1.82, 2.24) is 14.8 Å². The van der Waals surface area contributed by atoms with Crippen molar-refractivity contribution in [3.05, 3.63) is 29.5 Å². The predicted octanol–water partition coefficient (Wildman–Crippen LogP) is 2.35. The van der Waals surface area contributed by atoms with Crippen LogP contribution in [-0.2, 0) is 16.1 Å². The Kier molecular flexibility index (Phi) is 3.99. The highest BCUT2D eigenvalue weighted by molar-refractivity contribution is 7.13. The Labute approximate surface area is 136 Å². The molecule has 23 heavy (non-hydrogen) atoms. The van der Waals surface area contributed by atoms with Gasteiger partial charge in [0, 0.05) is 6.54 Å². The number of imide groups is 2. The third kappa shape index (κ3) is 2.89. The maximum atomic E-state index is 12.3. The molecule has 0 bridgehead atoms. The Bertz CT molecular complexity index is 751. The molecular formula is C15H15N3O4S. The van der Waals surface area contributed by atoms with E-state index >= 15 is 0 Å². The SMILES string of the molecule is CC(C)CN1C(=O)C(=O)N(Cc2coc(-c3cccs3)n2)C1=O. The molecule has 1 fully saturated rings. The number of aromatic nitrogens is 1. The van der Waals surface area contributed by atoms with Crippen LogP contribution < -0.4 is 0 Å². The van der Waals surface area contributed by atoms with Gasteiger partial charge in [-0.3, -0.25) is 14.5 Å². The molecule has 1 aliphatic rings. The van der Waals surface area contributed by atoms with Crippen LogP contribution in [-0.4, -0.2) is 39.2 Å². The fourth-order valence-electron chi connectivity index (χ4n) is 2.27. The van der Waals surface area contributed by atoms with Crippen molar-refractivity contribution in [1.29, 1.82) is 0 Å². The number of oxazole rings is 1. The van der Waals surface area contributed by atoms with Crippen LogP contribution in [0, 0.1) is 5.92 Å². The molecule has 7 nitrogen and oxygen atoms in total. The van der Waals surface area contributed by atoms with Crippen molar-refractivity contribution < 1.29 is 18.8 Å². The fraction of sp³-hybridized carbons (Fsp3) is 0.333. The molecule has 3 heterocycles. The largest absolute Gasteiger partial charge is 0.443 e. The Hall–Kier alpha value is -2.48. The van der Waals surface area contributed by atoms with E-state index in [1.807, 2.05) is 31.4 Å². The molecular weight excluding hydrogens is 318 g/mol. The van der Waals surface area contributed by atoms with Crippen molar-refractivity contribution in [2.75, 3.05) is 6.54 Å². The molecule has 120 valence electrons. The number of thiophene rings is 1. The molecule has 1 saturated heterocycles. The summed E-state index contributed by atoms with van der Waals surface area (Å²) in [5.41, 5.74) is 0.425. The average molecular weight is 333 g/mol. The molecule has 0 atom stereocenters. The molecule has 0 unspecified atom stereocenters. The molecule has 0 radical (unpaired) electrons. The summed E-state index contributed by atoms with van der Waals surface area (Å²) in [5.74, 6) is -1.09. The van der Waals surface area contributed by atoms with Gasteiger partial charge in [0.05, 0.1) is 17.1 Å². The number of rotatable bonds is 5. The summed E-state index contributed by atoms with van der Waals surface area (Å²) in [6, 6.07) is 3.13. The molecule has 1 aliphatic heterocycles. The van der Waals surface area contributed by atoms with Crippen LogP contribution in [0.4, 0.5) is 4.79 Å². The number of carbonyl (C=O) groups is 3. The first-order chi connectivity index (χ1) is 11.0. The van der Waals surface area contributed by atoms with Gasteiger partial charge in [-0.2, -0.15) is 0 Å². The summed E-state index contributed by atoms with van der Waals surface area (Å²) in [7, 11) is 0. The van der Waals surface area contributed by atoms with E-state index in [1.165, 1.54) is 17.6 Å². The highest BCUT2D eigenvalue weighted by Gasteiger charge is 2.44. The van der Waals surface area contributed by atoms with E-state index in [9.17, 15) is 14.4 Å². The minimum Gasteiger partial charge on any atom is -0.443 e. The molecule has 3 rings (SSSR count). The highest BCUT2D eigenvalue weighted by Crippen LogP contribution is 2.25. The molecule has 0 saturated carbocycles. The maximum Gasteiger partial charge on any atom is 0.334 e. The maximum absolute atomic E-state index is 12.3. The summed E-state index contributed by atoms with van der Waals surface area (Å²) in [6.07, 6.45) is 1.39. The lowest BCUT2D eigenvalue weighted by atomic mass is 10.2. The van der Waals surface area contributed by atoms with Gasteiger partial charge in [0.1, 0.15) is 6.26 Å². The monoisotopic (exact) mass is 333 g/mol. The van der Waals surface area contributed by atoms with Crippen LogP contribution in [0.1, 0.15) is 19.5 Å². The Morgan fingerprint density at radius 2 is 1.96 bits per heavy atom. The first kappa shape index (κ1) is 15.4. The molecule has 0 aliphatic carbocycles. The third-order valence-corrected chi connectivity index (χ3v) is 4.14. The summed E-state index contributed by atoms with van der Waals surface area (Å²) >= 11 is 1.47. The van der Waals surface area contributed by atoms with E-state index in [0.717, 1.165) is 14.7 Å². The lowest BCUT2D eigenvalue weighted by Crippen LogP contribution is -2.35. The van der Waals surface area contributed by atoms with Gasteiger partial charge < -0.3 is 4.42 Å². The third-order valence-electron chi connectivity index (χ3n) is 3.29. The van der Waals surface area contributed by atoms with E-state index in [4.69, 9.17) is 4.42 Å². The summed E-state index contributed by atoms with van der Waals surface area (Å²) in [4.78, 5) is 43.2. The van der Waals surface area contributed by atoms with Gasteiger partial charge in [0.15, 0.2) is 0 Å². The van der Waals surface area contributed by atoms with Gasteiger partial charge in [-0.05, 0) is 17.4 Å². The molecule has 2 aromatic rings. The highest BCUT2D eigenvalue weighted by atomic mass is 32.1. The lowest BCUT2D eigenvalue weighted by Gasteiger charge is -2.16. The molecule has 0 N–H and O–H groups in total. The number of amides is 4. The smallest absolute Gasteiger partial charge is 0.334 e. The number of hydrogen-bond donors (Lipinski definition) is 0. The number of hydrogen-bond acceptors (Lipinski definition) is 6. The lowest BCUT2D eigenvalue weighted by molar-refractivity contribution is -0.143. The van der Waals surface area contributed by atoms with Gasteiger partial charge >= 0.3 is 17.8 Å². The molecule has 0 aromatic carbocycles. The van der Waals surface area contributed by atoms with E-state index in [-0.39, 0.29) is 19.0 Å². The molecule has 2 aromatic heterocycles. The number of nitrogens with zero attached hydrogens (tertiary/aromatic N) is 3. The number of carbonyl (C=O) groups excluding carboxylic acids is 3. The minimum absolute atomic E-state index is 0.0765. The Morgan fingerprint density at radius 3 is 2.61 bits per heavy atom. The Morgan fingerprint density at radius 1 is 1.22 bits per heavy atom. The summed E-state index contributed by atoms with van der Waals surface area (Å²) in [6.45, 7) is 3.89. The van der Waals surface area contributed by atoms with Crippen LogP contribution in [0.2, 0.25) is 0 Å². The standard InChI is InChI=1S/C15H15N3O4S/c1-9(2)6-17-13(19)14(20)18(15(17)21)7-10-8-22-12(16-10)11-4-3-5-23-11/h3-5,8-9H,6-7H2,1-2H3. The zero-order chi connectivity index (χ0) is 16.6. The fourth-order valence-corrected chi connectivity index (χ4v) is 2.93. The summed E-state index contributed by atoms with van der Waals surface area (Å²) in [5, 5.41) is 1.90. The zero-order valence-electron chi connectivity index (χ0n) is 12.7. The van der Waals surface area contributed by atoms with Crippen LogP contribution in [0.5, 0.6) is 0 Å². The molecule has 0 spiro atoms. The second kappa shape index (κ2) is 5.96. The summed E-state index contributed by atoms with van der Waals surface area (Å²) < 4.78 is 5.36. The van der Waals surface area contributed by atoms with Gasteiger partial charge in [0.25, 0.3) is 0 Å². The van der Waals surface area contributed by atoms with E-state index in [0.29, 0.717) is 11.6 Å². The Balaban J connectivity index is 1.76. The molecule has 4 amide bonds. The van der Waals surface area contributed by atoms with Crippen LogP contribution in [0.15, 0.2) is 28.2 Å². The van der Waals surface area contributed by atoms with Gasteiger partial charge in [-0.25, -0.2) is 14.7 Å². The van der Waals surface area contributed by atoms with Crippen molar-refractivity contribution in [3.8, 4) is 10.8 Å². The van der Waals surface area contributed by atoms with E-state index in [2.05, 4.69) is 4.98 Å². The second-order valence-electron chi connectivity index (χ2n) is 5.60. The van der Waals surface area contributed by atoms with E-state index < -0.39 is 17.8 Å². The quantitative estimate of drug-likeness (QED) is 0.619. The predicted molar refractivity (Wildman–Crippen MR) is 82.3 cm³/mol. The molecule has 8 heteroatoms. The second-order valence-corrected chi connectivity index (χ2v) is 6.55. The topological polar surface area (TPSA) is 83.7 Å². The van der Waals surface area contributed by atoms with Crippen LogP contribution >= 0.6 is 11.3 Å². The minimum atomic E-state index is -0.823. The average Bonchev–Trinajstić information content (AvgIpc) is 3.21. The van der Waals surface area contributed by atoms with Crippen LogP contribution in [0.3, 0.4) is 0 Å². The zero-order valence-corrected chi connectivity index (χ0v) is 13.5. The van der Waals surface area contributed by atoms with Gasteiger partial charge in [-0.15, -0.1) is 11.3 Å². The van der Waals surface area contributed by atoms with Crippen molar-refractivity contribution in [3.63, 3.8) is 0 Å². The first-order valence-corrected chi connectivity index (χ1v) is 8.01. The normalized spacial score (nSPS) is 15.3. The van der Waals surface area contributed by atoms with Gasteiger partial charge in [0.2, 0.25) is 5.89 Å².